The van der Waals surface area contributed by atoms with Crippen molar-refractivity contribution < 1.29 is 14.3 Å². The second-order valence-electron chi connectivity index (χ2n) is 5.62. The maximum Gasteiger partial charge on any atom is 0.234 e. The predicted octanol–water partition coefficient (Wildman–Crippen LogP) is 3.83. The first kappa shape index (κ1) is 18.9. The first-order valence-electron chi connectivity index (χ1n) is 7.86. The Morgan fingerprint density at radius 2 is 1.80 bits per heavy atom. The number of rotatable bonds is 7. The summed E-state index contributed by atoms with van der Waals surface area (Å²) in [6.45, 7) is 3.48. The van der Waals surface area contributed by atoms with Gasteiger partial charge in [-0.15, -0.1) is 11.8 Å². The number of anilines is 2. The number of hydrogen-bond acceptors (Lipinski definition) is 4. The molecular weight excluding hydrogens is 336 g/mol. The molecule has 2 amide bonds. The van der Waals surface area contributed by atoms with Crippen LogP contribution >= 0.6 is 11.8 Å². The van der Waals surface area contributed by atoms with Crippen LogP contribution in [0.2, 0.25) is 0 Å². The smallest absolute Gasteiger partial charge is 0.234 e. The van der Waals surface area contributed by atoms with E-state index in [-0.39, 0.29) is 11.8 Å². The van der Waals surface area contributed by atoms with Crippen LogP contribution in [0.3, 0.4) is 0 Å². The molecule has 0 unspecified atom stereocenters. The second kappa shape index (κ2) is 9.13. The van der Waals surface area contributed by atoms with Crippen molar-refractivity contribution in [1.82, 2.24) is 0 Å². The molecule has 2 aromatic carbocycles. The molecule has 25 heavy (non-hydrogen) atoms. The minimum absolute atomic E-state index is 0.115. The van der Waals surface area contributed by atoms with Gasteiger partial charge in [0.05, 0.1) is 18.6 Å². The number of nitrogens with one attached hydrogen (secondary N) is 2. The molecule has 0 aromatic heterocycles. The average Bonchev–Trinajstić information content (AvgIpc) is 2.56. The van der Waals surface area contributed by atoms with Gasteiger partial charge in [-0.05, 0) is 30.7 Å². The molecule has 2 N–H and O–H groups in total. The van der Waals surface area contributed by atoms with Gasteiger partial charge in [-0.25, -0.2) is 0 Å². The van der Waals surface area contributed by atoms with Crippen molar-refractivity contribution in [2.75, 3.05) is 23.5 Å². The zero-order chi connectivity index (χ0) is 18.2. The Morgan fingerprint density at radius 3 is 2.44 bits per heavy atom. The lowest BCUT2D eigenvalue weighted by Crippen LogP contribution is -2.15. The van der Waals surface area contributed by atoms with E-state index in [9.17, 15) is 9.59 Å². The Morgan fingerprint density at radius 1 is 1.08 bits per heavy atom. The molecule has 0 spiro atoms. The van der Waals surface area contributed by atoms with Crippen LogP contribution in [0.15, 0.2) is 42.5 Å². The van der Waals surface area contributed by atoms with Gasteiger partial charge >= 0.3 is 0 Å². The minimum Gasteiger partial charge on any atom is -0.495 e. The topological polar surface area (TPSA) is 67.4 Å². The molecule has 0 aliphatic heterocycles. The highest BCUT2D eigenvalue weighted by Crippen LogP contribution is 2.28. The summed E-state index contributed by atoms with van der Waals surface area (Å²) in [5, 5.41) is 5.52. The van der Waals surface area contributed by atoms with Crippen LogP contribution in [0.5, 0.6) is 5.75 Å². The van der Waals surface area contributed by atoms with Crippen LogP contribution < -0.4 is 15.4 Å². The van der Waals surface area contributed by atoms with E-state index in [0.717, 1.165) is 5.75 Å². The molecule has 0 aliphatic rings. The van der Waals surface area contributed by atoms with Crippen molar-refractivity contribution in [2.24, 2.45) is 0 Å². The van der Waals surface area contributed by atoms with Gasteiger partial charge in [0.2, 0.25) is 11.8 Å². The predicted molar refractivity (Wildman–Crippen MR) is 103 cm³/mol. The zero-order valence-electron chi connectivity index (χ0n) is 14.6. The highest BCUT2D eigenvalue weighted by molar-refractivity contribution is 7.99. The molecule has 0 saturated carbocycles. The Labute approximate surface area is 152 Å². The lowest BCUT2D eigenvalue weighted by Gasteiger charge is -2.12. The Kier molecular flexibility index (Phi) is 6.89. The van der Waals surface area contributed by atoms with Gasteiger partial charge in [0.15, 0.2) is 0 Å². The van der Waals surface area contributed by atoms with Gasteiger partial charge in [0, 0.05) is 18.4 Å². The maximum absolute atomic E-state index is 12.2. The summed E-state index contributed by atoms with van der Waals surface area (Å²) in [7, 11) is 1.54. The van der Waals surface area contributed by atoms with Crippen molar-refractivity contribution in [2.45, 2.75) is 19.6 Å². The number of thioether (sulfide) groups is 1. The van der Waals surface area contributed by atoms with Crippen LogP contribution in [0.25, 0.3) is 0 Å². The van der Waals surface area contributed by atoms with Crippen molar-refractivity contribution in [3.05, 3.63) is 53.6 Å². The first-order chi connectivity index (χ1) is 12.0. The molecule has 132 valence electrons. The summed E-state index contributed by atoms with van der Waals surface area (Å²) in [5.41, 5.74) is 3.55. The molecule has 2 rings (SSSR count). The highest BCUT2D eigenvalue weighted by Gasteiger charge is 2.09. The van der Waals surface area contributed by atoms with Gasteiger partial charge in [-0.2, -0.15) is 0 Å². The second-order valence-corrected chi connectivity index (χ2v) is 6.61. The molecule has 0 heterocycles. The molecule has 5 nitrogen and oxygen atoms in total. The Balaban J connectivity index is 1.92. The average molecular weight is 358 g/mol. The summed E-state index contributed by atoms with van der Waals surface area (Å²) in [6, 6.07) is 13.4. The molecule has 0 aliphatic carbocycles. The lowest BCUT2D eigenvalue weighted by atomic mass is 10.2. The van der Waals surface area contributed by atoms with Crippen molar-refractivity contribution in [3.8, 4) is 5.75 Å². The number of ether oxygens (including phenoxy) is 1. The molecule has 0 atom stereocenters. The highest BCUT2D eigenvalue weighted by atomic mass is 32.2. The normalized spacial score (nSPS) is 10.2. The van der Waals surface area contributed by atoms with Gasteiger partial charge in [-0.3, -0.25) is 9.59 Å². The summed E-state index contributed by atoms with van der Waals surface area (Å²) in [5.74, 6) is 1.37. The largest absolute Gasteiger partial charge is 0.495 e. The van der Waals surface area contributed by atoms with Gasteiger partial charge in [0.1, 0.15) is 5.75 Å². The number of hydrogen-bond donors (Lipinski definition) is 2. The first-order valence-corrected chi connectivity index (χ1v) is 9.02. The van der Waals surface area contributed by atoms with Crippen molar-refractivity contribution in [3.63, 3.8) is 0 Å². The molecule has 6 heteroatoms. The minimum atomic E-state index is -0.170. The molecule has 0 saturated heterocycles. The van der Waals surface area contributed by atoms with Gasteiger partial charge in [0.25, 0.3) is 0 Å². The van der Waals surface area contributed by atoms with Crippen LogP contribution in [0, 0.1) is 6.92 Å². The van der Waals surface area contributed by atoms with E-state index in [1.54, 1.807) is 30.0 Å². The summed E-state index contributed by atoms with van der Waals surface area (Å²) in [4.78, 5) is 23.3. The third kappa shape index (κ3) is 6.15. The van der Waals surface area contributed by atoms with E-state index in [2.05, 4.69) is 34.9 Å². The zero-order valence-corrected chi connectivity index (χ0v) is 15.4. The van der Waals surface area contributed by atoms with Crippen LogP contribution in [0.4, 0.5) is 11.4 Å². The standard InChI is InChI=1S/C19H22N2O3S/c1-13-4-6-15(7-5-13)11-25-12-19(23)21-17-10-16(20-14(2)22)8-9-18(17)24-3/h4-10H,11-12H2,1-3H3,(H,20,22)(H,21,23). The quantitative estimate of drug-likeness (QED) is 0.789. The van der Waals surface area contributed by atoms with Gasteiger partial charge in [-0.1, -0.05) is 29.8 Å². The van der Waals surface area contributed by atoms with E-state index in [0.29, 0.717) is 22.9 Å². The summed E-state index contributed by atoms with van der Waals surface area (Å²) < 4.78 is 5.26. The third-order valence-corrected chi connectivity index (χ3v) is 4.42. The fourth-order valence-corrected chi connectivity index (χ4v) is 3.01. The Bertz CT molecular complexity index is 745. The lowest BCUT2D eigenvalue weighted by molar-refractivity contribution is -0.114. The SMILES string of the molecule is COc1ccc(NC(C)=O)cc1NC(=O)CSCc1ccc(C)cc1. The monoisotopic (exact) mass is 358 g/mol. The molecule has 0 fully saturated rings. The van der Waals surface area contributed by atoms with E-state index < -0.39 is 0 Å². The van der Waals surface area contributed by atoms with E-state index in [1.165, 1.54) is 25.2 Å². The fourth-order valence-electron chi connectivity index (χ4n) is 2.22. The van der Waals surface area contributed by atoms with E-state index >= 15 is 0 Å². The van der Waals surface area contributed by atoms with Crippen LogP contribution in [-0.4, -0.2) is 24.7 Å². The molecular formula is C19H22N2O3S. The number of methoxy groups -OCH3 is 1. The number of aryl methyl sites for hydroxylation is 1. The molecule has 0 radical (unpaired) electrons. The van der Waals surface area contributed by atoms with Crippen molar-refractivity contribution >= 4 is 35.0 Å². The molecule has 0 bridgehead atoms. The molecule has 2 aromatic rings. The van der Waals surface area contributed by atoms with Crippen LogP contribution in [-0.2, 0) is 15.3 Å². The third-order valence-electron chi connectivity index (χ3n) is 3.42. The van der Waals surface area contributed by atoms with Crippen molar-refractivity contribution in [1.29, 1.82) is 0 Å². The maximum atomic E-state index is 12.2. The number of amides is 2. The number of carbonyl (C=O) groups excluding carboxylic acids is 2. The van der Waals surface area contributed by atoms with E-state index in [4.69, 9.17) is 4.74 Å². The number of carbonyl (C=O) groups is 2. The summed E-state index contributed by atoms with van der Waals surface area (Å²) in [6.07, 6.45) is 0. The Hall–Kier alpha value is -2.47. The van der Waals surface area contributed by atoms with E-state index in [1.807, 2.05) is 6.92 Å². The van der Waals surface area contributed by atoms with Crippen LogP contribution in [0.1, 0.15) is 18.1 Å². The summed E-state index contributed by atoms with van der Waals surface area (Å²) >= 11 is 1.55. The fraction of sp³-hybridized carbons (Fsp3) is 0.263. The van der Waals surface area contributed by atoms with Gasteiger partial charge < -0.3 is 15.4 Å². The number of benzene rings is 2.